The van der Waals surface area contributed by atoms with Gasteiger partial charge in [-0.1, -0.05) is 0 Å². The second-order valence-corrected chi connectivity index (χ2v) is 2.83. The molecule has 0 aliphatic carbocycles. The molecule has 0 unspecified atom stereocenters. The Labute approximate surface area is 71.3 Å². The van der Waals surface area contributed by atoms with Gasteiger partial charge in [-0.15, -0.1) is 0 Å². The molecule has 5 nitrogen and oxygen atoms in total. The van der Waals surface area contributed by atoms with Crippen LogP contribution >= 0.6 is 0 Å². The first kappa shape index (κ1) is 9.28. The molecule has 0 aromatic rings. The molecule has 0 saturated carbocycles. The van der Waals surface area contributed by atoms with Gasteiger partial charge in [-0.05, 0) is 0 Å². The van der Waals surface area contributed by atoms with Crippen LogP contribution in [0.4, 0.5) is 4.79 Å². The Morgan fingerprint density at radius 3 is 3.17 bits per heavy atom. The maximum Gasteiger partial charge on any atom is 0.407 e. The molecule has 1 aliphatic rings. The standard InChI is InChI=1S/C7H14N2O3/c1-12-5-6-4-9(7(10)11)3-2-8-6/h6,8H,2-5H2,1H3,(H,10,11)/t6-/m0/s1. The fourth-order valence-corrected chi connectivity index (χ4v) is 1.31. The van der Waals surface area contributed by atoms with E-state index in [2.05, 4.69) is 5.32 Å². The van der Waals surface area contributed by atoms with Gasteiger partial charge < -0.3 is 20.1 Å². The molecule has 5 heteroatoms. The van der Waals surface area contributed by atoms with Crippen LogP contribution in [0, 0.1) is 0 Å². The average Bonchev–Trinajstić information content (AvgIpc) is 2.05. The highest BCUT2D eigenvalue weighted by atomic mass is 16.5. The predicted molar refractivity (Wildman–Crippen MR) is 43.3 cm³/mol. The zero-order valence-corrected chi connectivity index (χ0v) is 7.12. The van der Waals surface area contributed by atoms with Gasteiger partial charge in [0.1, 0.15) is 0 Å². The van der Waals surface area contributed by atoms with Crippen LogP contribution < -0.4 is 5.32 Å². The molecule has 0 aromatic carbocycles. The van der Waals surface area contributed by atoms with Crippen LogP contribution in [-0.4, -0.2) is 55.5 Å². The van der Waals surface area contributed by atoms with Crippen molar-refractivity contribution in [3.63, 3.8) is 0 Å². The highest BCUT2D eigenvalue weighted by Gasteiger charge is 2.21. The monoisotopic (exact) mass is 174 g/mol. The Morgan fingerprint density at radius 1 is 1.83 bits per heavy atom. The topological polar surface area (TPSA) is 61.8 Å². The van der Waals surface area contributed by atoms with Crippen molar-refractivity contribution in [2.24, 2.45) is 0 Å². The largest absolute Gasteiger partial charge is 0.465 e. The van der Waals surface area contributed by atoms with Gasteiger partial charge in [-0.2, -0.15) is 0 Å². The fourth-order valence-electron chi connectivity index (χ4n) is 1.31. The molecule has 70 valence electrons. The van der Waals surface area contributed by atoms with Gasteiger partial charge in [0.25, 0.3) is 0 Å². The second kappa shape index (κ2) is 4.27. The Balaban J connectivity index is 2.35. The van der Waals surface area contributed by atoms with Crippen molar-refractivity contribution in [1.82, 2.24) is 10.2 Å². The molecule has 0 bridgehead atoms. The fraction of sp³-hybridized carbons (Fsp3) is 0.857. The van der Waals surface area contributed by atoms with Crippen molar-refractivity contribution in [3.05, 3.63) is 0 Å². The summed E-state index contributed by atoms with van der Waals surface area (Å²) in [5.74, 6) is 0. The molecule has 1 saturated heterocycles. The maximum atomic E-state index is 10.6. The summed E-state index contributed by atoms with van der Waals surface area (Å²) < 4.78 is 4.93. The first-order valence-corrected chi connectivity index (χ1v) is 3.94. The quantitative estimate of drug-likeness (QED) is 0.597. The summed E-state index contributed by atoms with van der Waals surface area (Å²) in [4.78, 5) is 12.0. The summed E-state index contributed by atoms with van der Waals surface area (Å²) >= 11 is 0. The number of carboxylic acid groups (broad SMARTS) is 1. The minimum absolute atomic E-state index is 0.139. The lowest BCUT2D eigenvalue weighted by atomic mass is 10.2. The van der Waals surface area contributed by atoms with Crippen LogP contribution in [0.25, 0.3) is 0 Å². The summed E-state index contributed by atoms with van der Waals surface area (Å²) in [5, 5.41) is 11.9. The van der Waals surface area contributed by atoms with Gasteiger partial charge in [-0.25, -0.2) is 4.79 Å². The number of ether oxygens (including phenoxy) is 1. The lowest BCUT2D eigenvalue weighted by Gasteiger charge is -2.31. The molecule has 2 N–H and O–H groups in total. The van der Waals surface area contributed by atoms with E-state index in [1.807, 2.05) is 0 Å². The maximum absolute atomic E-state index is 10.6. The molecule has 12 heavy (non-hydrogen) atoms. The van der Waals surface area contributed by atoms with Gasteiger partial charge in [0.05, 0.1) is 6.61 Å². The van der Waals surface area contributed by atoms with Crippen LogP contribution in [0.2, 0.25) is 0 Å². The Hall–Kier alpha value is -0.810. The highest BCUT2D eigenvalue weighted by molar-refractivity contribution is 5.65. The third kappa shape index (κ3) is 2.35. The number of nitrogens with one attached hydrogen (secondary N) is 1. The number of rotatable bonds is 2. The van der Waals surface area contributed by atoms with Crippen LogP contribution in [0.15, 0.2) is 0 Å². The molecule has 1 aliphatic heterocycles. The smallest absolute Gasteiger partial charge is 0.407 e. The van der Waals surface area contributed by atoms with E-state index in [9.17, 15) is 4.79 Å². The SMILES string of the molecule is COC[C@@H]1CN(C(=O)O)CCN1. The number of hydrogen-bond donors (Lipinski definition) is 2. The molecule has 1 rings (SSSR count). The zero-order chi connectivity index (χ0) is 8.97. The summed E-state index contributed by atoms with van der Waals surface area (Å²) in [6.45, 7) is 2.35. The Morgan fingerprint density at radius 2 is 2.58 bits per heavy atom. The van der Waals surface area contributed by atoms with Crippen LogP contribution in [0.5, 0.6) is 0 Å². The van der Waals surface area contributed by atoms with Crippen molar-refractivity contribution >= 4 is 6.09 Å². The lowest BCUT2D eigenvalue weighted by molar-refractivity contribution is 0.101. The minimum atomic E-state index is -0.849. The van der Waals surface area contributed by atoms with Crippen molar-refractivity contribution < 1.29 is 14.6 Å². The lowest BCUT2D eigenvalue weighted by Crippen LogP contribution is -2.53. The molecule has 0 spiro atoms. The van der Waals surface area contributed by atoms with Gasteiger partial charge in [-0.3, -0.25) is 0 Å². The minimum Gasteiger partial charge on any atom is -0.465 e. The van der Waals surface area contributed by atoms with Crippen molar-refractivity contribution in [2.45, 2.75) is 6.04 Å². The second-order valence-electron chi connectivity index (χ2n) is 2.83. The first-order valence-electron chi connectivity index (χ1n) is 3.94. The van der Waals surface area contributed by atoms with Crippen molar-refractivity contribution in [1.29, 1.82) is 0 Å². The number of piperazine rings is 1. The zero-order valence-electron chi connectivity index (χ0n) is 7.12. The number of nitrogens with zero attached hydrogens (tertiary/aromatic N) is 1. The van der Waals surface area contributed by atoms with E-state index < -0.39 is 6.09 Å². The van der Waals surface area contributed by atoms with Crippen LogP contribution in [0.3, 0.4) is 0 Å². The van der Waals surface area contributed by atoms with Gasteiger partial charge in [0.2, 0.25) is 0 Å². The normalized spacial score (nSPS) is 24.1. The number of amides is 1. The molecular weight excluding hydrogens is 160 g/mol. The van der Waals surface area contributed by atoms with E-state index in [1.54, 1.807) is 7.11 Å². The van der Waals surface area contributed by atoms with E-state index in [4.69, 9.17) is 9.84 Å². The number of methoxy groups -OCH3 is 1. The van der Waals surface area contributed by atoms with Crippen molar-refractivity contribution in [3.8, 4) is 0 Å². The Kier molecular flexibility index (Phi) is 3.31. The number of hydrogen-bond acceptors (Lipinski definition) is 3. The van der Waals surface area contributed by atoms with Gasteiger partial charge in [0, 0.05) is 32.8 Å². The summed E-state index contributed by atoms with van der Waals surface area (Å²) in [7, 11) is 1.61. The van der Waals surface area contributed by atoms with Crippen molar-refractivity contribution in [2.75, 3.05) is 33.4 Å². The highest BCUT2D eigenvalue weighted by Crippen LogP contribution is 1.99. The summed E-state index contributed by atoms with van der Waals surface area (Å²) in [5.41, 5.74) is 0. The van der Waals surface area contributed by atoms with Gasteiger partial charge >= 0.3 is 6.09 Å². The Bertz CT molecular complexity index is 161. The average molecular weight is 174 g/mol. The first-order chi connectivity index (χ1) is 5.74. The number of carbonyl (C=O) groups is 1. The third-order valence-electron chi connectivity index (χ3n) is 1.89. The van der Waals surface area contributed by atoms with Crippen LogP contribution in [-0.2, 0) is 4.74 Å². The van der Waals surface area contributed by atoms with E-state index in [0.717, 1.165) is 0 Å². The van der Waals surface area contributed by atoms with Crippen LogP contribution in [0.1, 0.15) is 0 Å². The third-order valence-corrected chi connectivity index (χ3v) is 1.89. The predicted octanol–water partition coefficient (Wildman–Crippen LogP) is -0.415. The van der Waals surface area contributed by atoms with E-state index in [-0.39, 0.29) is 6.04 Å². The molecule has 0 radical (unpaired) electrons. The van der Waals surface area contributed by atoms with E-state index in [1.165, 1.54) is 4.90 Å². The van der Waals surface area contributed by atoms with E-state index >= 15 is 0 Å². The molecule has 1 amide bonds. The van der Waals surface area contributed by atoms with E-state index in [0.29, 0.717) is 26.2 Å². The van der Waals surface area contributed by atoms with Gasteiger partial charge in [0.15, 0.2) is 0 Å². The summed E-state index contributed by atoms with van der Waals surface area (Å²) in [6.07, 6.45) is -0.849. The molecule has 1 heterocycles. The molecule has 0 aromatic heterocycles. The molecule has 1 fully saturated rings. The summed E-state index contributed by atoms with van der Waals surface area (Å²) in [6, 6.07) is 0.139. The molecular formula is C7H14N2O3. The molecule has 1 atom stereocenters.